The van der Waals surface area contributed by atoms with E-state index in [-0.39, 0.29) is 149 Å². The Kier molecular flexibility index (Phi) is 3470. The third-order valence-electron chi connectivity index (χ3n) is 0. The Morgan fingerprint density at radius 1 is 0.182 bits per heavy atom. The molecule has 0 saturated carbocycles. The van der Waals surface area contributed by atoms with Crippen LogP contribution in [0.4, 0.5) is 0 Å². The maximum Gasteiger partial charge on any atom is 0 e. The van der Waals surface area contributed by atoms with Crippen molar-refractivity contribution in [2.45, 2.75) is 0 Å². The standard InChI is InChI=1S/6H3N.5Nb/h6*1H3;;;;;. The van der Waals surface area contributed by atoms with E-state index >= 15 is 0 Å². The predicted octanol–water partition coefficient (Wildman–Crippen LogP) is 0.959. The summed E-state index contributed by atoms with van der Waals surface area (Å²) >= 11 is 0. The van der Waals surface area contributed by atoms with Crippen LogP contribution in [0.5, 0.6) is 0 Å². The molecule has 0 aliphatic rings. The van der Waals surface area contributed by atoms with Gasteiger partial charge in [-0.2, -0.15) is 0 Å². The fraction of sp³-hybridized carbons (Fsp3) is 0. The average Bonchev–Trinajstić information content (AvgIpc) is 0. The molecule has 18 N–H and O–H groups in total. The molecule has 0 aromatic heterocycles. The molecule has 0 aliphatic carbocycles. The molecule has 0 saturated heterocycles. The van der Waals surface area contributed by atoms with E-state index in [0.29, 0.717) is 0 Å². The summed E-state index contributed by atoms with van der Waals surface area (Å²) in [6.07, 6.45) is 0. The number of hydrogen-bond donors (Lipinski definition) is 6. The van der Waals surface area contributed by atoms with Crippen molar-refractivity contribution < 1.29 is 112 Å². The molecule has 73 valence electrons. The van der Waals surface area contributed by atoms with Crippen LogP contribution < -0.4 is 36.9 Å². The van der Waals surface area contributed by atoms with E-state index in [0.717, 1.165) is 0 Å². The first-order valence-electron chi connectivity index (χ1n) is 0. The van der Waals surface area contributed by atoms with E-state index < -0.39 is 0 Å². The third-order valence-corrected chi connectivity index (χ3v) is 0. The van der Waals surface area contributed by atoms with E-state index in [2.05, 4.69) is 0 Å². The van der Waals surface area contributed by atoms with Gasteiger partial charge in [0, 0.05) is 112 Å². The topological polar surface area (TPSA) is 210 Å². The molecule has 5 radical (unpaired) electrons. The Balaban J connectivity index is 0. The minimum Gasteiger partial charge on any atom is -0.344 e. The largest absolute Gasteiger partial charge is 0.344 e. The summed E-state index contributed by atoms with van der Waals surface area (Å²) in [5, 5.41) is 0. The van der Waals surface area contributed by atoms with Crippen molar-refractivity contribution in [1.82, 2.24) is 36.9 Å². The van der Waals surface area contributed by atoms with Crippen molar-refractivity contribution in [3.63, 3.8) is 0 Å². The van der Waals surface area contributed by atoms with Crippen molar-refractivity contribution in [3.8, 4) is 0 Å². The van der Waals surface area contributed by atoms with Gasteiger partial charge in [-0.05, 0) is 0 Å². The first kappa shape index (κ1) is 219. The van der Waals surface area contributed by atoms with Gasteiger partial charge in [0.2, 0.25) is 0 Å². The van der Waals surface area contributed by atoms with Gasteiger partial charge in [0.25, 0.3) is 0 Å². The molecule has 0 aromatic rings. The summed E-state index contributed by atoms with van der Waals surface area (Å²) in [5.74, 6) is 0. The maximum absolute atomic E-state index is 0. The van der Waals surface area contributed by atoms with Gasteiger partial charge in [-0.1, -0.05) is 0 Å². The van der Waals surface area contributed by atoms with Crippen LogP contribution >= 0.6 is 0 Å². The molecule has 0 aliphatic heterocycles. The maximum atomic E-state index is 0. The zero-order valence-corrected chi connectivity index (χ0v) is 17.5. The van der Waals surface area contributed by atoms with Gasteiger partial charge in [0.1, 0.15) is 0 Å². The van der Waals surface area contributed by atoms with Crippen LogP contribution in [0.3, 0.4) is 0 Å². The van der Waals surface area contributed by atoms with Gasteiger partial charge in [-0.25, -0.2) is 0 Å². The van der Waals surface area contributed by atoms with E-state index in [9.17, 15) is 0 Å². The minimum atomic E-state index is 0. The molecule has 0 aromatic carbocycles. The van der Waals surface area contributed by atoms with Crippen molar-refractivity contribution in [2.75, 3.05) is 0 Å². The predicted molar refractivity (Wildman–Crippen MR) is 30.1 cm³/mol. The molecule has 11 heteroatoms. The third kappa shape index (κ3) is 148. The summed E-state index contributed by atoms with van der Waals surface area (Å²) in [6, 6.07) is 0. The van der Waals surface area contributed by atoms with Crippen molar-refractivity contribution in [2.24, 2.45) is 0 Å². The van der Waals surface area contributed by atoms with Crippen LogP contribution in [0.2, 0.25) is 0 Å². The smallest absolute Gasteiger partial charge is 0 e. The summed E-state index contributed by atoms with van der Waals surface area (Å²) in [4.78, 5) is 0. The average molecular weight is 567 g/mol. The second kappa shape index (κ2) is 174. The first-order valence-corrected chi connectivity index (χ1v) is 0. The Bertz CT molecular complexity index is 10.9. The molecule has 0 heterocycles. The SMILES string of the molecule is N.N.N.N.N.N.[Nb].[Nb].[Nb].[Nb].[Nb]. The molecule has 0 spiro atoms. The molecule has 0 unspecified atom stereocenters. The van der Waals surface area contributed by atoms with Crippen molar-refractivity contribution >= 4 is 0 Å². The molecule has 11 heavy (non-hydrogen) atoms. The van der Waals surface area contributed by atoms with Crippen molar-refractivity contribution in [3.05, 3.63) is 0 Å². The van der Waals surface area contributed by atoms with Gasteiger partial charge in [-0.3, -0.25) is 0 Å². The Labute approximate surface area is 146 Å². The second-order valence-corrected chi connectivity index (χ2v) is 0. The second-order valence-electron chi connectivity index (χ2n) is 0. The first-order chi connectivity index (χ1) is 0. The molecule has 0 atom stereocenters. The van der Waals surface area contributed by atoms with Crippen LogP contribution in [0.1, 0.15) is 0 Å². The van der Waals surface area contributed by atoms with Gasteiger partial charge in [-0.15, -0.1) is 0 Å². The zero-order chi connectivity index (χ0) is 0. The summed E-state index contributed by atoms with van der Waals surface area (Å²) in [5.41, 5.74) is 0. The molecule has 0 fully saturated rings. The Morgan fingerprint density at radius 2 is 0.182 bits per heavy atom. The normalized spacial score (nSPS) is 0. The Morgan fingerprint density at radius 3 is 0.182 bits per heavy atom. The van der Waals surface area contributed by atoms with E-state index in [1.165, 1.54) is 0 Å². The summed E-state index contributed by atoms with van der Waals surface area (Å²) < 4.78 is 0. The molecular formula is H18N6Nb5. The van der Waals surface area contributed by atoms with E-state index in [1.807, 2.05) is 0 Å². The fourth-order valence-corrected chi connectivity index (χ4v) is 0. The van der Waals surface area contributed by atoms with Gasteiger partial charge in [0.15, 0.2) is 0 Å². The number of rotatable bonds is 0. The monoisotopic (exact) mass is 567 g/mol. The fourth-order valence-electron chi connectivity index (χ4n) is 0. The Hall–Kier alpha value is 3.46. The van der Waals surface area contributed by atoms with Crippen LogP contribution in [0.15, 0.2) is 0 Å². The zero-order valence-electron chi connectivity index (χ0n) is 6.48. The van der Waals surface area contributed by atoms with Gasteiger partial charge >= 0.3 is 0 Å². The van der Waals surface area contributed by atoms with Gasteiger partial charge < -0.3 is 36.9 Å². The molecule has 0 amide bonds. The number of hydrogen-bond acceptors (Lipinski definition) is 6. The quantitative estimate of drug-likeness (QED) is 0.235. The van der Waals surface area contributed by atoms with E-state index in [1.54, 1.807) is 0 Å². The van der Waals surface area contributed by atoms with Crippen LogP contribution in [-0.4, -0.2) is 0 Å². The van der Waals surface area contributed by atoms with Crippen LogP contribution in [0.25, 0.3) is 0 Å². The van der Waals surface area contributed by atoms with Crippen LogP contribution in [0, 0.1) is 0 Å². The molecule has 0 rings (SSSR count). The molecule has 6 nitrogen and oxygen atoms in total. The van der Waals surface area contributed by atoms with Gasteiger partial charge in [0.05, 0.1) is 0 Å². The van der Waals surface area contributed by atoms with Crippen molar-refractivity contribution in [1.29, 1.82) is 0 Å². The van der Waals surface area contributed by atoms with Crippen LogP contribution in [-0.2, 0) is 112 Å². The van der Waals surface area contributed by atoms with E-state index in [4.69, 9.17) is 0 Å². The summed E-state index contributed by atoms with van der Waals surface area (Å²) in [6.45, 7) is 0. The minimum absolute atomic E-state index is 0. The summed E-state index contributed by atoms with van der Waals surface area (Å²) in [7, 11) is 0. The molecule has 0 bridgehead atoms. The molecular weight excluding hydrogens is 549 g/mol.